The fourth-order valence-corrected chi connectivity index (χ4v) is 2.20. The molecule has 0 aliphatic heterocycles. The van der Waals surface area contributed by atoms with Gasteiger partial charge in [-0.2, -0.15) is 13.2 Å². The molecule has 2 aromatic carbocycles. The number of esters is 1. The Morgan fingerprint density at radius 3 is 2.33 bits per heavy atom. The van der Waals surface area contributed by atoms with Gasteiger partial charge in [0.05, 0.1) is 11.1 Å². The summed E-state index contributed by atoms with van der Waals surface area (Å²) in [5.74, 6) is -0.681. The van der Waals surface area contributed by atoms with E-state index in [1.165, 1.54) is 0 Å². The minimum absolute atomic E-state index is 0.0513. The minimum Gasteiger partial charge on any atom is -0.457 e. The molecule has 0 atom stereocenters. The minimum atomic E-state index is -4.45. The first-order valence-electron chi connectivity index (χ1n) is 5.96. The van der Waals surface area contributed by atoms with E-state index in [2.05, 4.69) is 15.9 Å². The molecule has 2 rings (SSSR count). The normalized spacial score (nSPS) is 11.2. The van der Waals surface area contributed by atoms with Crippen molar-refractivity contribution < 1.29 is 22.7 Å². The first-order chi connectivity index (χ1) is 9.88. The lowest BCUT2D eigenvalue weighted by Crippen LogP contribution is -2.09. The summed E-state index contributed by atoms with van der Waals surface area (Å²) in [6.45, 7) is 0.0626. The third-order valence-corrected chi connectivity index (χ3v) is 3.39. The molecule has 6 heteroatoms. The van der Waals surface area contributed by atoms with Gasteiger partial charge in [-0.15, -0.1) is 0 Å². The molecule has 2 nitrogen and oxygen atoms in total. The van der Waals surface area contributed by atoms with Crippen molar-refractivity contribution in [2.24, 2.45) is 0 Å². The number of hydrogen-bond acceptors (Lipinski definition) is 2. The Balaban J connectivity index is 2.09. The first kappa shape index (κ1) is 15.6. The van der Waals surface area contributed by atoms with Gasteiger partial charge in [0.25, 0.3) is 0 Å². The second kappa shape index (κ2) is 6.30. The Bertz CT molecular complexity index is 639. The molecule has 0 saturated heterocycles. The van der Waals surface area contributed by atoms with Crippen LogP contribution in [-0.4, -0.2) is 5.97 Å². The molecule has 0 aliphatic rings. The monoisotopic (exact) mass is 358 g/mol. The van der Waals surface area contributed by atoms with Crippen molar-refractivity contribution in [2.45, 2.75) is 12.8 Å². The molecule has 0 bridgehead atoms. The maximum absolute atomic E-state index is 12.5. The van der Waals surface area contributed by atoms with E-state index in [9.17, 15) is 18.0 Å². The van der Waals surface area contributed by atoms with Gasteiger partial charge in [0.15, 0.2) is 0 Å². The predicted octanol–water partition coefficient (Wildman–Crippen LogP) is 4.82. The Morgan fingerprint density at radius 2 is 1.76 bits per heavy atom. The molecule has 0 fully saturated rings. The van der Waals surface area contributed by atoms with Gasteiger partial charge in [-0.1, -0.05) is 30.3 Å². The van der Waals surface area contributed by atoms with E-state index in [0.29, 0.717) is 0 Å². The van der Waals surface area contributed by atoms with Crippen molar-refractivity contribution in [3.05, 3.63) is 69.7 Å². The van der Waals surface area contributed by atoms with Gasteiger partial charge in [-0.3, -0.25) is 0 Å². The van der Waals surface area contributed by atoms with E-state index in [1.54, 1.807) is 24.3 Å². The van der Waals surface area contributed by atoms with Crippen molar-refractivity contribution in [1.82, 2.24) is 0 Å². The zero-order valence-electron chi connectivity index (χ0n) is 10.7. The molecule has 0 heterocycles. The summed E-state index contributed by atoms with van der Waals surface area (Å²) in [6.07, 6.45) is -4.45. The van der Waals surface area contributed by atoms with E-state index in [1.807, 2.05) is 6.07 Å². The van der Waals surface area contributed by atoms with Crippen molar-refractivity contribution in [1.29, 1.82) is 0 Å². The highest BCUT2D eigenvalue weighted by Crippen LogP contribution is 2.32. The molecule has 0 spiro atoms. The van der Waals surface area contributed by atoms with Crippen LogP contribution in [0.2, 0.25) is 0 Å². The highest BCUT2D eigenvalue weighted by atomic mass is 79.9. The molecule has 0 aromatic heterocycles. The maximum Gasteiger partial charge on any atom is 0.416 e. The number of carbonyl (C=O) groups is 1. The van der Waals surface area contributed by atoms with Gasteiger partial charge in [-0.25, -0.2) is 4.79 Å². The fourth-order valence-electron chi connectivity index (χ4n) is 1.66. The summed E-state index contributed by atoms with van der Waals surface area (Å²) in [4.78, 5) is 11.9. The fraction of sp³-hybridized carbons (Fsp3) is 0.133. The summed E-state index contributed by atoms with van der Waals surface area (Å²) in [5, 5.41) is 0. The Kier molecular flexibility index (Phi) is 4.67. The molecule has 0 saturated carbocycles. The zero-order valence-corrected chi connectivity index (χ0v) is 12.2. The zero-order chi connectivity index (χ0) is 15.5. The largest absolute Gasteiger partial charge is 0.457 e. The van der Waals surface area contributed by atoms with Crippen LogP contribution in [0.1, 0.15) is 21.5 Å². The lowest BCUT2D eigenvalue weighted by molar-refractivity contribution is -0.137. The van der Waals surface area contributed by atoms with Gasteiger partial charge < -0.3 is 4.74 Å². The lowest BCUT2D eigenvalue weighted by Gasteiger charge is -2.10. The van der Waals surface area contributed by atoms with Crippen LogP contribution in [0.15, 0.2) is 53.0 Å². The van der Waals surface area contributed by atoms with Crippen molar-refractivity contribution in [3.63, 3.8) is 0 Å². The summed E-state index contributed by atoms with van der Waals surface area (Å²) < 4.78 is 42.7. The van der Waals surface area contributed by atoms with Gasteiger partial charge >= 0.3 is 12.1 Å². The van der Waals surface area contributed by atoms with Crippen LogP contribution in [0, 0.1) is 0 Å². The topological polar surface area (TPSA) is 26.3 Å². The standard InChI is InChI=1S/C15H10BrF3O2/c16-13-8-11(15(17,18)19)6-7-12(13)14(20)21-9-10-4-2-1-3-5-10/h1-8H,9H2. The smallest absolute Gasteiger partial charge is 0.416 e. The number of halogens is 4. The van der Waals surface area contributed by atoms with E-state index in [0.717, 1.165) is 23.8 Å². The van der Waals surface area contributed by atoms with Crippen molar-refractivity contribution in [2.75, 3.05) is 0 Å². The molecule has 0 radical (unpaired) electrons. The van der Waals surface area contributed by atoms with Crippen molar-refractivity contribution >= 4 is 21.9 Å². The summed E-state index contributed by atoms with van der Waals surface area (Å²) >= 11 is 2.97. The number of carbonyl (C=O) groups excluding carboxylic acids is 1. The number of rotatable bonds is 3. The summed E-state index contributed by atoms with van der Waals surface area (Å²) in [7, 11) is 0. The molecular formula is C15H10BrF3O2. The second-order valence-corrected chi connectivity index (χ2v) is 5.11. The maximum atomic E-state index is 12.5. The average Bonchev–Trinajstić information content (AvgIpc) is 2.45. The number of alkyl halides is 3. The van der Waals surface area contributed by atoms with Crippen LogP contribution >= 0.6 is 15.9 Å². The van der Waals surface area contributed by atoms with Crippen LogP contribution in [-0.2, 0) is 17.5 Å². The SMILES string of the molecule is O=C(OCc1ccccc1)c1ccc(C(F)(F)F)cc1Br. The number of benzene rings is 2. The van der Waals surface area contributed by atoms with E-state index >= 15 is 0 Å². The lowest BCUT2D eigenvalue weighted by atomic mass is 10.1. The predicted molar refractivity (Wildman–Crippen MR) is 74.7 cm³/mol. The van der Waals surface area contributed by atoms with Crippen LogP contribution in [0.3, 0.4) is 0 Å². The van der Waals surface area contributed by atoms with Gasteiger partial charge in [-0.05, 0) is 39.7 Å². The highest BCUT2D eigenvalue weighted by molar-refractivity contribution is 9.10. The molecule has 0 aliphatic carbocycles. The quantitative estimate of drug-likeness (QED) is 0.735. The van der Waals surface area contributed by atoms with Crippen LogP contribution < -0.4 is 0 Å². The molecule has 0 amide bonds. The molecule has 0 N–H and O–H groups in total. The number of hydrogen-bond donors (Lipinski definition) is 0. The molecular weight excluding hydrogens is 349 g/mol. The van der Waals surface area contributed by atoms with E-state index in [-0.39, 0.29) is 16.6 Å². The van der Waals surface area contributed by atoms with Crippen LogP contribution in [0.4, 0.5) is 13.2 Å². The Morgan fingerprint density at radius 1 is 1.10 bits per heavy atom. The van der Waals surface area contributed by atoms with Gasteiger partial charge in [0.1, 0.15) is 6.61 Å². The van der Waals surface area contributed by atoms with E-state index < -0.39 is 17.7 Å². The van der Waals surface area contributed by atoms with Crippen LogP contribution in [0.5, 0.6) is 0 Å². The summed E-state index contributed by atoms with van der Waals surface area (Å²) in [5.41, 5.74) is 0.0294. The van der Waals surface area contributed by atoms with Gasteiger partial charge in [0.2, 0.25) is 0 Å². The van der Waals surface area contributed by atoms with Crippen LogP contribution in [0.25, 0.3) is 0 Å². The Hall–Kier alpha value is -1.82. The third kappa shape index (κ3) is 4.07. The Labute approximate surface area is 127 Å². The molecule has 110 valence electrons. The van der Waals surface area contributed by atoms with Gasteiger partial charge in [0, 0.05) is 4.47 Å². The van der Waals surface area contributed by atoms with E-state index in [4.69, 9.17) is 4.74 Å². The second-order valence-electron chi connectivity index (χ2n) is 4.25. The number of ether oxygens (including phenoxy) is 1. The summed E-state index contributed by atoms with van der Waals surface area (Å²) in [6, 6.07) is 11.8. The highest BCUT2D eigenvalue weighted by Gasteiger charge is 2.31. The molecule has 21 heavy (non-hydrogen) atoms. The molecule has 0 unspecified atom stereocenters. The van der Waals surface area contributed by atoms with Crippen molar-refractivity contribution in [3.8, 4) is 0 Å². The first-order valence-corrected chi connectivity index (χ1v) is 6.75. The average molecular weight is 359 g/mol. The molecule has 2 aromatic rings. The third-order valence-electron chi connectivity index (χ3n) is 2.73.